The van der Waals surface area contributed by atoms with Gasteiger partial charge in [-0.3, -0.25) is 9.78 Å². The zero-order valence-corrected chi connectivity index (χ0v) is 16.8. The lowest BCUT2D eigenvalue weighted by molar-refractivity contribution is -0.113. The van der Waals surface area contributed by atoms with Crippen LogP contribution in [0.5, 0.6) is 5.75 Å². The summed E-state index contributed by atoms with van der Waals surface area (Å²) in [6.45, 7) is 3.68. The van der Waals surface area contributed by atoms with Crippen LogP contribution in [0, 0.1) is 5.82 Å². The van der Waals surface area contributed by atoms with Crippen molar-refractivity contribution in [2.24, 2.45) is 4.99 Å². The van der Waals surface area contributed by atoms with Crippen LogP contribution in [-0.2, 0) is 4.79 Å². The van der Waals surface area contributed by atoms with E-state index in [4.69, 9.17) is 9.15 Å². The second-order valence-corrected chi connectivity index (χ2v) is 7.68. The molecule has 1 N–H and O–H groups in total. The minimum absolute atomic E-state index is 0.121. The number of furan rings is 1. The number of halogens is 1. The van der Waals surface area contributed by atoms with Gasteiger partial charge in [0.05, 0.1) is 11.0 Å². The van der Waals surface area contributed by atoms with E-state index in [0.717, 1.165) is 5.39 Å². The Morgan fingerprint density at radius 1 is 1.28 bits per heavy atom. The molecule has 0 bridgehead atoms. The van der Waals surface area contributed by atoms with Crippen LogP contribution in [0.4, 0.5) is 4.39 Å². The number of pyridine rings is 1. The van der Waals surface area contributed by atoms with Crippen molar-refractivity contribution in [1.82, 2.24) is 10.3 Å². The highest BCUT2D eigenvalue weighted by Crippen LogP contribution is 2.34. The van der Waals surface area contributed by atoms with Gasteiger partial charge in [0.2, 0.25) is 0 Å². The van der Waals surface area contributed by atoms with Crippen LogP contribution >= 0.6 is 11.8 Å². The molecule has 3 aromatic rings. The third kappa shape index (κ3) is 3.88. The molecule has 0 saturated heterocycles. The molecule has 8 heteroatoms. The lowest BCUT2D eigenvalue weighted by Gasteiger charge is -2.11. The Bertz CT molecular complexity index is 1170. The number of nitrogens with one attached hydrogen (secondary N) is 1. The molecular weight excluding hydrogens is 393 g/mol. The Kier molecular flexibility index (Phi) is 5.10. The number of benzene rings is 1. The van der Waals surface area contributed by atoms with Gasteiger partial charge in [0.15, 0.2) is 16.7 Å². The molecule has 0 atom stereocenters. The van der Waals surface area contributed by atoms with Crippen molar-refractivity contribution in [3.05, 3.63) is 53.1 Å². The predicted octanol–water partition coefficient (Wildman–Crippen LogP) is 4.61. The summed E-state index contributed by atoms with van der Waals surface area (Å²) in [5.41, 5.74) is 1.84. The van der Waals surface area contributed by atoms with Gasteiger partial charge in [0.1, 0.15) is 11.3 Å². The van der Waals surface area contributed by atoms with Crippen molar-refractivity contribution in [3.63, 3.8) is 0 Å². The Morgan fingerprint density at radius 2 is 2.10 bits per heavy atom. The van der Waals surface area contributed by atoms with Crippen molar-refractivity contribution >= 4 is 39.9 Å². The third-order valence-corrected chi connectivity index (χ3v) is 5.16. The highest BCUT2D eigenvalue weighted by Gasteiger charge is 2.22. The zero-order valence-electron chi connectivity index (χ0n) is 16.0. The summed E-state index contributed by atoms with van der Waals surface area (Å²) in [6.07, 6.45) is 4.81. The van der Waals surface area contributed by atoms with Gasteiger partial charge in [0.25, 0.3) is 5.91 Å². The fourth-order valence-corrected chi connectivity index (χ4v) is 3.67. The number of nitrogens with zero attached hydrogens (tertiary/aromatic N) is 2. The van der Waals surface area contributed by atoms with E-state index in [2.05, 4.69) is 15.3 Å². The number of carbonyl (C=O) groups excluding carboxylic acids is 1. The van der Waals surface area contributed by atoms with Gasteiger partial charge in [-0.1, -0.05) is 6.07 Å². The average molecular weight is 411 g/mol. The third-order valence-electron chi connectivity index (χ3n) is 4.16. The molecule has 0 unspecified atom stereocenters. The van der Waals surface area contributed by atoms with E-state index >= 15 is 0 Å². The maximum Gasteiger partial charge on any atom is 0.286 e. The quantitative estimate of drug-likeness (QED) is 0.632. The molecular formula is C21H18FN3O3S. The van der Waals surface area contributed by atoms with Gasteiger partial charge in [-0.15, -0.1) is 0 Å². The zero-order chi connectivity index (χ0) is 20.5. The number of carbonyl (C=O) groups is 1. The van der Waals surface area contributed by atoms with Gasteiger partial charge < -0.3 is 14.5 Å². The Balaban J connectivity index is 1.71. The first kappa shape index (κ1) is 19.2. The molecule has 4 rings (SSSR count). The van der Waals surface area contributed by atoms with Crippen molar-refractivity contribution < 1.29 is 18.3 Å². The number of amides is 1. The van der Waals surface area contributed by atoms with Crippen LogP contribution in [0.25, 0.3) is 28.2 Å². The molecule has 1 aromatic carbocycles. The minimum Gasteiger partial charge on any atom is -0.488 e. The molecule has 0 fully saturated rings. The number of hydrogen-bond acceptors (Lipinski definition) is 6. The van der Waals surface area contributed by atoms with E-state index in [1.165, 1.54) is 17.8 Å². The van der Waals surface area contributed by atoms with E-state index < -0.39 is 5.82 Å². The van der Waals surface area contributed by atoms with Gasteiger partial charge in [-0.05, 0) is 49.4 Å². The van der Waals surface area contributed by atoms with Gasteiger partial charge in [-0.25, -0.2) is 4.39 Å². The summed E-state index contributed by atoms with van der Waals surface area (Å²) in [5, 5.41) is 4.15. The first-order valence-electron chi connectivity index (χ1n) is 8.99. The van der Waals surface area contributed by atoms with E-state index in [1.54, 1.807) is 43.7 Å². The average Bonchev–Trinajstić information content (AvgIpc) is 3.26. The Labute approximate surface area is 170 Å². The molecule has 148 valence electrons. The number of aliphatic imine (C=N–C) groups is 1. The van der Waals surface area contributed by atoms with Gasteiger partial charge in [0, 0.05) is 36.5 Å². The second-order valence-electron chi connectivity index (χ2n) is 6.65. The van der Waals surface area contributed by atoms with Crippen molar-refractivity contribution in [2.75, 3.05) is 7.05 Å². The molecule has 0 spiro atoms. The lowest BCUT2D eigenvalue weighted by atomic mass is 10.1. The molecule has 29 heavy (non-hydrogen) atoms. The second kappa shape index (κ2) is 7.71. The molecule has 0 radical (unpaired) electrons. The van der Waals surface area contributed by atoms with Crippen molar-refractivity contribution in [1.29, 1.82) is 0 Å². The fraction of sp³-hybridized carbons (Fsp3) is 0.190. The minimum atomic E-state index is -0.452. The summed E-state index contributed by atoms with van der Waals surface area (Å²) in [6, 6.07) is 6.55. The van der Waals surface area contributed by atoms with Crippen LogP contribution in [0.15, 0.2) is 51.0 Å². The predicted molar refractivity (Wildman–Crippen MR) is 112 cm³/mol. The number of aromatic nitrogens is 1. The Hall–Kier alpha value is -3.13. The number of amidine groups is 1. The number of ether oxygens (including phenoxy) is 1. The fourth-order valence-electron chi connectivity index (χ4n) is 2.92. The number of fused-ring (bicyclic) bond motifs is 1. The highest BCUT2D eigenvalue weighted by molar-refractivity contribution is 8.18. The van der Waals surface area contributed by atoms with E-state index in [1.807, 2.05) is 13.8 Å². The lowest BCUT2D eigenvalue weighted by Crippen LogP contribution is -2.10. The van der Waals surface area contributed by atoms with Crippen molar-refractivity contribution in [2.45, 2.75) is 20.0 Å². The molecule has 0 saturated carbocycles. The molecule has 1 aliphatic rings. The van der Waals surface area contributed by atoms with Crippen LogP contribution in [-0.4, -0.2) is 29.2 Å². The van der Waals surface area contributed by atoms with Crippen LogP contribution in [0.3, 0.4) is 0 Å². The Morgan fingerprint density at radius 3 is 2.79 bits per heavy atom. The van der Waals surface area contributed by atoms with E-state index in [0.29, 0.717) is 32.5 Å². The molecule has 1 aliphatic heterocycles. The normalized spacial score (nSPS) is 15.4. The monoisotopic (exact) mass is 411 g/mol. The van der Waals surface area contributed by atoms with Gasteiger partial charge >= 0.3 is 0 Å². The summed E-state index contributed by atoms with van der Waals surface area (Å²) in [7, 11) is 1.71. The van der Waals surface area contributed by atoms with Crippen LogP contribution in [0.2, 0.25) is 0 Å². The molecule has 2 aromatic heterocycles. The summed E-state index contributed by atoms with van der Waals surface area (Å²) >= 11 is 1.24. The van der Waals surface area contributed by atoms with E-state index in [-0.39, 0.29) is 17.8 Å². The van der Waals surface area contributed by atoms with Crippen molar-refractivity contribution in [3.8, 4) is 16.9 Å². The summed E-state index contributed by atoms with van der Waals surface area (Å²) in [5.74, 6) is -0.0727. The van der Waals surface area contributed by atoms with E-state index in [9.17, 15) is 9.18 Å². The SMILES string of the molecule is CNC1=NC(=O)/C(=C\c2cc3cncc(-c4ccc(OC(C)C)c(F)c4)c3o2)S1. The number of hydrogen-bond donors (Lipinski definition) is 1. The maximum atomic E-state index is 14.4. The number of rotatable bonds is 4. The summed E-state index contributed by atoms with van der Waals surface area (Å²) < 4.78 is 25.9. The van der Waals surface area contributed by atoms with Gasteiger partial charge in [-0.2, -0.15) is 4.99 Å². The highest BCUT2D eigenvalue weighted by atomic mass is 32.2. The topological polar surface area (TPSA) is 76.7 Å². The largest absolute Gasteiger partial charge is 0.488 e. The molecule has 1 amide bonds. The summed E-state index contributed by atoms with van der Waals surface area (Å²) in [4.78, 5) is 20.6. The first-order valence-corrected chi connectivity index (χ1v) is 9.80. The molecule has 6 nitrogen and oxygen atoms in total. The standard InChI is InChI=1S/C21H18FN3O3S/c1-11(2)27-17-5-4-12(7-16(17)22)15-10-24-9-13-6-14(28-19(13)15)8-18-20(26)25-21(23-3)29-18/h4-11H,1-3H3,(H,23,25,26)/b18-8+. The molecule has 3 heterocycles. The maximum absolute atomic E-state index is 14.4. The smallest absolute Gasteiger partial charge is 0.286 e. The first-order chi connectivity index (χ1) is 13.9. The van der Waals surface area contributed by atoms with Crippen LogP contribution < -0.4 is 10.1 Å². The molecule has 0 aliphatic carbocycles. The van der Waals surface area contributed by atoms with Crippen LogP contribution in [0.1, 0.15) is 19.6 Å². The number of thioether (sulfide) groups is 1.